The highest BCUT2D eigenvalue weighted by Crippen LogP contribution is 2.19. The van der Waals surface area contributed by atoms with Gasteiger partial charge in [-0.3, -0.25) is 0 Å². The normalized spacial score (nSPS) is 18.3. The molecule has 1 aliphatic rings. The van der Waals surface area contributed by atoms with Crippen molar-refractivity contribution in [2.24, 2.45) is 0 Å². The predicted molar refractivity (Wildman–Crippen MR) is 86.0 cm³/mol. The molecule has 1 aromatic heterocycles. The topological polar surface area (TPSA) is 20.2 Å². The molecule has 114 valence electrons. The summed E-state index contributed by atoms with van der Waals surface area (Å²) >= 11 is 0. The number of hydrogen-bond acceptors (Lipinski definition) is 2. The first kappa shape index (κ1) is 15.6. The van der Waals surface area contributed by atoms with Gasteiger partial charge >= 0.3 is 0 Å². The van der Waals surface area contributed by atoms with E-state index in [0.29, 0.717) is 6.04 Å². The van der Waals surface area contributed by atoms with Gasteiger partial charge in [0.25, 0.3) is 0 Å². The fourth-order valence-corrected chi connectivity index (χ4v) is 3.17. The molecule has 1 fully saturated rings. The minimum Gasteiger partial charge on any atom is -0.353 e. The van der Waals surface area contributed by atoms with E-state index in [1.54, 1.807) is 0 Å². The first-order valence-corrected chi connectivity index (χ1v) is 8.45. The Balaban J connectivity index is 1.83. The molecule has 20 heavy (non-hydrogen) atoms. The summed E-state index contributed by atoms with van der Waals surface area (Å²) in [6, 6.07) is 2.82. The molecule has 2 heterocycles. The van der Waals surface area contributed by atoms with Crippen molar-refractivity contribution >= 4 is 0 Å². The second-order valence-corrected chi connectivity index (χ2v) is 5.98. The van der Waals surface area contributed by atoms with Crippen LogP contribution in [-0.4, -0.2) is 35.6 Å². The van der Waals surface area contributed by atoms with E-state index < -0.39 is 0 Å². The van der Waals surface area contributed by atoms with E-state index >= 15 is 0 Å². The summed E-state index contributed by atoms with van der Waals surface area (Å²) in [7, 11) is 0. The summed E-state index contributed by atoms with van der Waals surface area (Å²) in [6.45, 7) is 10.4. The summed E-state index contributed by atoms with van der Waals surface area (Å²) in [6.07, 6.45) is 11.2. The molecule has 0 radical (unpaired) electrons. The molecule has 1 saturated heterocycles. The van der Waals surface area contributed by atoms with Gasteiger partial charge in [0.2, 0.25) is 0 Å². The molecule has 2 rings (SSSR count). The Labute approximate surface area is 124 Å². The van der Waals surface area contributed by atoms with Crippen molar-refractivity contribution in [3.8, 4) is 0 Å². The van der Waals surface area contributed by atoms with E-state index in [-0.39, 0.29) is 0 Å². The average molecular weight is 277 g/mol. The maximum absolute atomic E-state index is 3.59. The Morgan fingerprint density at radius 1 is 1.15 bits per heavy atom. The summed E-state index contributed by atoms with van der Waals surface area (Å²) in [5.74, 6) is 0. The van der Waals surface area contributed by atoms with Crippen LogP contribution in [0, 0.1) is 0 Å². The van der Waals surface area contributed by atoms with Crippen molar-refractivity contribution in [2.75, 3.05) is 26.2 Å². The molecule has 1 atom stereocenters. The molecule has 0 aliphatic carbocycles. The number of nitrogens with zero attached hydrogens (tertiary/aromatic N) is 2. The Morgan fingerprint density at radius 3 is 2.65 bits per heavy atom. The molecular formula is C17H31N3. The molecular weight excluding hydrogens is 246 g/mol. The Kier molecular flexibility index (Phi) is 6.61. The third-order valence-corrected chi connectivity index (χ3v) is 4.33. The van der Waals surface area contributed by atoms with Crippen LogP contribution in [0.1, 0.15) is 57.6 Å². The molecule has 0 saturated carbocycles. The van der Waals surface area contributed by atoms with Gasteiger partial charge < -0.3 is 14.8 Å². The molecule has 3 heteroatoms. The minimum absolute atomic E-state index is 0.529. The van der Waals surface area contributed by atoms with Crippen molar-refractivity contribution < 1.29 is 0 Å². The van der Waals surface area contributed by atoms with E-state index in [1.807, 2.05) is 0 Å². The smallest absolute Gasteiger partial charge is 0.0347 e. The standard InChI is InChI=1S/C17H31N3/c1-3-8-17(18-4-2)16-9-12-20(15-16)14-13-19-10-6-5-7-11-19/h9,12,15,17-18H,3-8,10-11,13-14H2,1-2H3. The summed E-state index contributed by atoms with van der Waals surface area (Å²) in [5.41, 5.74) is 1.45. The lowest BCUT2D eigenvalue weighted by Crippen LogP contribution is -2.32. The van der Waals surface area contributed by atoms with Gasteiger partial charge in [0.1, 0.15) is 0 Å². The highest BCUT2D eigenvalue weighted by Gasteiger charge is 2.12. The highest BCUT2D eigenvalue weighted by atomic mass is 15.1. The van der Waals surface area contributed by atoms with Crippen LogP contribution in [-0.2, 0) is 6.54 Å². The van der Waals surface area contributed by atoms with Crippen LogP contribution in [0.2, 0.25) is 0 Å². The Morgan fingerprint density at radius 2 is 1.95 bits per heavy atom. The van der Waals surface area contributed by atoms with E-state index in [4.69, 9.17) is 0 Å². The third kappa shape index (κ3) is 4.64. The molecule has 0 bridgehead atoms. The van der Waals surface area contributed by atoms with Gasteiger partial charge in [0, 0.05) is 31.5 Å². The maximum Gasteiger partial charge on any atom is 0.0347 e. The van der Waals surface area contributed by atoms with Gasteiger partial charge in [-0.1, -0.05) is 26.7 Å². The molecule has 1 N–H and O–H groups in total. The fraction of sp³-hybridized carbons (Fsp3) is 0.765. The third-order valence-electron chi connectivity index (χ3n) is 4.33. The first-order valence-electron chi connectivity index (χ1n) is 8.45. The van der Waals surface area contributed by atoms with Crippen molar-refractivity contribution in [1.82, 2.24) is 14.8 Å². The molecule has 0 aromatic carbocycles. The van der Waals surface area contributed by atoms with Crippen molar-refractivity contribution in [2.45, 2.75) is 58.5 Å². The van der Waals surface area contributed by atoms with Gasteiger partial charge in [-0.25, -0.2) is 0 Å². The van der Waals surface area contributed by atoms with Crippen LogP contribution in [0.4, 0.5) is 0 Å². The number of rotatable bonds is 8. The van der Waals surface area contributed by atoms with Gasteiger partial charge in [-0.2, -0.15) is 0 Å². The summed E-state index contributed by atoms with van der Waals surface area (Å²) in [5, 5.41) is 3.59. The van der Waals surface area contributed by atoms with Crippen LogP contribution >= 0.6 is 0 Å². The second kappa shape index (κ2) is 8.48. The molecule has 1 unspecified atom stereocenters. The number of piperidine rings is 1. The zero-order chi connectivity index (χ0) is 14.2. The zero-order valence-corrected chi connectivity index (χ0v) is 13.3. The quantitative estimate of drug-likeness (QED) is 0.785. The predicted octanol–water partition coefficient (Wildman–Crippen LogP) is 3.42. The van der Waals surface area contributed by atoms with Crippen LogP contribution in [0.25, 0.3) is 0 Å². The Bertz CT molecular complexity index is 360. The van der Waals surface area contributed by atoms with Gasteiger partial charge in [0.15, 0.2) is 0 Å². The minimum atomic E-state index is 0.529. The van der Waals surface area contributed by atoms with E-state index in [2.05, 4.69) is 47.1 Å². The lowest BCUT2D eigenvalue weighted by Gasteiger charge is -2.26. The number of hydrogen-bond donors (Lipinski definition) is 1. The van der Waals surface area contributed by atoms with E-state index in [1.165, 1.54) is 57.3 Å². The summed E-state index contributed by atoms with van der Waals surface area (Å²) in [4.78, 5) is 2.61. The number of likely N-dealkylation sites (tertiary alicyclic amines) is 1. The second-order valence-electron chi connectivity index (χ2n) is 5.98. The summed E-state index contributed by atoms with van der Waals surface area (Å²) < 4.78 is 2.37. The molecule has 3 nitrogen and oxygen atoms in total. The first-order chi connectivity index (χ1) is 9.83. The lowest BCUT2D eigenvalue weighted by atomic mass is 10.1. The molecule has 0 spiro atoms. The van der Waals surface area contributed by atoms with Crippen molar-refractivity contribution in [3.05, 3.63) is 24.0 Å². The number of nitrogens with one attached hydrogen (secondary N) is 1. The Hall–Kier alpha value is -0.800. The fourth-order valence-electron chi connectivity index (χ4n) is 3.17. The monoisotopic (exact) mass is 277 g/mol. The van der Waals surface area contributed by atoms with Gasteiger partial charge in [0.05, 0.1) is 0 Å². The van der Waals surface area contributed by atoms with Crippen LogP contribution in [0.5, 0.6) is 0 Å². The van der Waals surface area contributed by atoms with Crippen LogP contribution in [0.15, 0.2) is 18.5 Å². The van der Waals surface area contributed by atoms with Gasteiger partial charge in [-0.15, -0.1) is 0 Å². The highest BCUT2D eigenvalue weighted by molar-refractivity contribution is 5.15. The molecule has 1 aliphatic heterocycles. The molecule has 1 aromatic rings. The average Bonchev–Trinajstić information content (AvgIpc) is 2.95. The number of aromatic nitrogens is 1. The lowest BCUT2D eigenvalue weighted by molar-refractivity contribution is 0.221. The van der Waals surface area contributed by atoms with Crippen LogP contribution < -0.4 is 5.32 Å². The van der Waals surface area contributed by atoms with E-state index in [0.717, 1.165) is 13.1 Å². The van der Waals surface area contributed by atoms with Crippen LogP contribution in [0.3, 0.4) is 0 Å². The molecule has 0 amide bonds. The van der Waals surface area contributed by atoms with Gasteiger partial charge in [-0.05, 0) is 50.5 Å². The van der Waals surface area contributed by atoms with Crippen molar-refractivity contribution in [3.63, 3.8) is 0 Å². The zero-order valence-electron chi connectivity index (χ0n) is 13.3. The largest absolute Gasteiger partial charge is 0.353 e. The van der Waals surface area contributed by atoms with E-state index in [9.17, 15) is 0 Å². The SMILES string of the molecule is CCCC(NCC)c1ccn(CCN2CCCCC2)c1. The maximum atomic E-state index is 3.59. The van der Waals surface area contributed by atoms with Crippen molar-refractivity contribution in [1.29, 1.82) is 0 Å².